The molecule has 0 spiro atoms. The van der Waals surface area contributed by atoms with E-state index in [9.17, 15) is 4.79 Å². The first kappa shape index (κ1) is 32.8. The predicted molar refractivity (Wildman–Crippen MR) is 145 cm³/mol. The van der Waals surface area contributed by atoms with E-state index in [2.05, 4.69) is 74.6 Å². The normalized spacial score (nSPS) is 12.0. The van der Waals surface area contributed by atoms with E-state index in [1.165, 1.54) is 5.56 Å². The fourth-order valence-corrected chi connectivity index (χ4v) is 2.71. The largest absolute Gasteiger partial charge is 0.494 e. The molecule has 0 amide bonds. The average molecular weight is 457 g/mol. The Morgan fingerprint density at radius 3 is 2.21 bits per heavy atom. The minimum absolute atomic E-state index is 0.318. The molecular weight excluding hydrogens is 408 g/mol. The van der Waals surface area contributed by atoms with Gasteiger partial charge >= 0.3 is 0 Å². The SMILES string of the molecule is CC.CC/C=C\CC/C=C/C=C\C=C\C(C)CCOc1ccc(CCC(=O)CC)cc1.CO. The van der Waals surface area contributed by atoms with Crippen molar-refractivity contribution in [2.24, 2.45) is 5.92 Å². The zero-order valence-electron chi connectivity index (χ0n) is 21.9. The van der Waals surface area contributed by atoms with Crippen LogP contribution in [0.25, 0.3) is 0 Å². The Morgan fingerprint density at radius 2 is 1.58 bits per heavy atom. The molecule has 0 aliphatic heterocycles. The van der Waals surface area contributed by atoms with Crippen molar-refractivity contribution in [1.29, 1.82) is 0 Å². The summed E-state index contributed by atoms with van der Waals surface area (Å²) in [4.78, 5) is 11.4. The summed E-state index contributed by atoms with van der Waals surface area (Å²) in [5.41, 5.74) is 1.19. The molecule has 1 atom stereocenters. The molecule has 0 bridgehead atoms. The van der Waals surface area contributed by atoms with Crippen LogP contribution in [-0.2, 0) is 11.2 Å². The lowest BCUT2D eigenvalue weighted by Crippen LogP contribution is -2.02. The van der Waals surface area contributed by atoms with Gasteiger partial charge in [0, 0.05) is 20.0 Å². The Bertz CT molecular complexity index is 666. The number of allylic oxidation sites excluding steroid dienone is 8. The van der Waals surface area contributed by atoms with Gasteiger partial charge in [0.15, 0.2) is 0 Å². The van der Waals surface area contributed by atoms with Crippen molar-refractivity contribution < 1.29 is 14.6 Å². The lowest BCUT2D eigenvalue weighted by atomic mass is 10.1. The van der Waals surface area contributed by atoms with Crippen LogP contribution < -0.4 is 4.74 Å². The second-order valence-electron chi connectivity index (χ2n) is 7.31. The molecule has 1 rings (SSSR count). The highest BCUT2D eigenvalue weighted by molar-refractivity contribution is 5.78. The van der Waals surface area contributed by atoms with Gasteiger partial charge in [0.2, 0.25) is 0 Å². The molecule has 1 aromatic carbocycles. The topological polar surface area (TPSA) is 46.5 Å². The van der Waals surface area contributed by atoms with E-state index in [0.29, 0.717) is 31.1 Å². The molecule has 186 valence electrons. The molecular formula is C30H48O3. The fraction of sp³-hybridized carbons (Fsp3) is 0.500. The van der Waals surface area contributed by atoms with Gasteiger partial charge in [0.05, 0.1) is 6.61 Å². The molecule has 33 heavy (non-hydrogen) atoms. The molecule has 0 aromatic heterocycles. The number of Topliss-reactive ketones (excluding diaryl/α,β-unsaturated/α-hetero) is 1. The second kappa shape index (κ2) is 25.9. The van der Waals surface area contributed by atoms with E-state index in [4.69, 9.17) is 9.84 Å². The van der Waals surface area contributed by atoms with Crippen molar-refractivity contribution in [2.45, 2.75) is 79.6 Å². The minimum atomic E-state index is 0.318. The Hall–Kier alpha value is -2.39. The summed E-state index contributed by atoms with van der Waals surface area (Å²) in [5.74, 6) is 1.69. The van der Waals surface area contributed by atoms with Crippen LogP contribution in [0.15, 0.2) is 72.9 Å². The van der Waals surface area contributed by atoms with E-state index < -0.39 is 0 Å². The van der Waals surface area contributed by atoms with Gasteiger partial charge in [0.25, 0.3) is 0 Å². The number of hydrogen-bond acceptors (Lipinski definition) is 3. The van der Waals surface area contributed by atoms with E-state index in [1.807, 2.05) is 32.9 Å². The molecule has 0 aliphatic rings. The molecule has 0 saturated heterocycles. The third kappa shape index (κ3) is 21.2. The zero-order valence-corrected chi connectivity index (χ0v) is 21.9. The third-order valence-electron chi connectivity index (χ3n) is 4.66. The monoisotopic (exact) mass is 456 g/mol. The van der Waals surface area contributed by atoms with Crippen molar-refractivity contribution in [1.82, 2.24) is 0 Å². The average Bonchev–Trinajstić information content (AvgIpc) is 2.87. The number of unbranched alkanes of at least 4 members (excludes halogenated alkanes) is 1. The number of aryl methyl sites for hydroxylation is 1. The van der Waals surface area contributed by atoms with E-state index in [-0.39, 0.29) is 0 Å². The Labute approximate surface area is 204 Å². The van der Waals surface area contributed by atoms with Gasteiger partial charge in [-0.15, -0.1) is 0 Å². The first-order valence-electron chi connectivity index (χ1n) is 12.5. The first-order chi connectivity index (χ1) is 16.2. The highest BCUT2D eigenvalue weighted by atomic mass is 16.5. The molecule has 0 heterocycles. The lowest BCUT2D eigenvalue weighted by Gasteiger charge is -2.09. The molecule has 0 radical (unpaired) electrons. The summed E-state index contributed by atoms with van der Waals surface area (Å²) in [6.45, 7) is 11.0. The van der Waals surface area contributed by atoms with Crippen molar-refractivity contribution in [2.75, 3.05) is 13.7 Å². The van der Waals surface area contributed by atoms with Gasteiger partial charge in [-0.05, 0) is 55.7 Å². The van der Waals surface area contributed by atoms with Crippen LogP contribution in [0, 0.1) is 5.92 Å². The standard InChI is InChI=1S/C27H38O2.C2H6.CH4O/c1-4-6-7-8-9-10-11-12-13-14-15-24(3)22-23-29-27-20-17-25(18-21-27)16-19-26(28)5-2;2*1-2/h6-7,10-15,17-18,20-21,24H,4-5,8-9,16,19,22-23H2,1-3H3;1-2H3;2H,1H3/b7-6-,11-10+,13-12-,15-14+;;. The maximum Gasteiger partial charge on any atom is 0.132 e. The Morgan fingerprint density at radius 1 is 0.939 bits per heavy atom. The number of rotatable bonds is 15. The van der Waals surface area contributed by atoms with Crippen LogP contribution >= 0.6 is 0 Å². The summed E-state index contributed by atoms with van der Waals surface area (Å²) in [6.07, 6.45) is 23.6. The van der Waals surface area contributed by atoms with Crippen LogP contribution in [0.5, 0.6) is 5.75 Å². The van der Waals surface area contributed by atoms with E-state index >= 15 is 0 Å². The highest BCUT2D eigenvalue weighted by Crippen LogP contribution is 2.15. The summed E-state index contributed by atoms with van der Waals surface area (Å²) >= 11 is 0. The van der Waals surface area contributed by atoms with Crippen molar-refractivity contribution >= 4 is 5.78 Å². The van der Waals surface area contributed by atoms with Gasteiger partial charge < -0.3 is 9.84 Å². The van der Waals surface area contributed by atoms with Crippen LogP contribution in [0.3, 0.4) is 0 Å². The Kier molecular flexibility index (Phi) is 25.7. The number of carbonyl (C=O) groups is 1. The number of aliphatic hydroxyl groups excluding tert-OH is 1. The Balaban J connectivity index is 0. The molecule has 0 saturated carbocycles. The number of hydrogen-bond donors (Lipinski definition) is 1. The smallest absolute Gasteiger partial charge is 0.132 e. The van der Waals surface area contributed by atoms with Crippen molar-refractivity contribution in [3.05, 3.63) is 78.4 Å². The summed E-state index contributed by atoms with van der Waals surface area (Å²) < 4.78 is 5.84. The number of ketones is 1. The van der Waals surface area contributed by atoms with E-state index in [0.717, 1.165) is 45.0 Å². The molecule has 3 nitrogen and oxygen atoms in total. The summed E-state index contributed by atoms with van der Waals surface area (Å²) in [7, 11) is 1.00. The predicted octanol–water partition coefficient (Wildman–Crippen LogP) is 8.05. The second-order valence-corrected chi connectivity index (χ2v) is 7.31. The van der Waals surface area contributed by atoms with Crippen molar-refractivity contribution in [3.63, 3.8) is 0 Å². The number of ether oxygens (including phenoxy) is 1. The first-order valence-corrected chi connectivity index (χ1v) is 12.5. The molecule has 0 aliphatic carbocycles. The molecule has 1 N–H and O–H groups in total. The molecule has 0 fully saturated rings. The molecule has 3 heteroatoms. The quantitative estimate of drug-likeness (QED) is 0.165. The van der Waals surface area contributed by atoms with Gasteiger partial charge in [-0.2, -0.15) is 0 Å². The van der Waals surface area contributed by atoms with Crippen LogP contribution in [0.1, 0.15) is 78.7 Å². The highest BCUT2D eigenvalue weighted by Gasteiger charge is 2.01. The van der Waals surface area contributed by atoms with Crippen LogP contribution in [0.2, 0.25) is 0 Å². The maximum atomic E-state index is 11.4. The third-order valence-corrected chi connectivity index (χ3v) is 4.66. The van der Waals surface area contributed by atoms with Gasteiger partial charge in [-0.3, -0.25) is 4.79 Å². The van der Waals surface area contributed by atoms with Crippen molar-refractivity contribution in [3.8, 4) is 5.75 Å². The minimum Gasteiger partial charge on any atom is -0.494 e. The van der Waals surface area contributed by atoms with E-state index in [1.54, 1.807) is 0 Å². The summed E-state index contributed by atoms with van der Waals surface area (Å²) in [6, 6.07) is 8.11. The van der Waals surface area contributed by atoms with Crippen LogP contribution in [0.4, 0.5) is 0 Å². The maximum absolute atomic E-state index is 11.4. The van der Waals surface area contributed by atoms with Gasteiger partial charge in [0.1, 0.15) is 11.5 Å². The summed E-state index contributed by atoms with van der Waals surface area (Å²) in [5, 5.41) is 7.00. The lowest BCUT2D eigenvalue weighted by molar-refractivity contribution is -0.118. The molecule has 1 aromatic rings. The van der Waals surface area contributed by atoms with Gasteiger partial charge in [-0.25, -0.2) is 0 Å². The fourth-order valence-electron chi connectivity index (χ4n) is 2.71. The zero-order chi connectivity index (χ0) is 25.2. The molecule has 1 unspecified atom stereocenters. The number of carbonyl (C=O) groups excluding carboxylic acids is 1. The number of aliphatic hydroxyl groups is 1. The van der Waals surface area contributed by atoms with Crippen LogP contribution in [-0.4, -0.2) is 24.6 Å². The number of benzene rings is 1. The van der Waals surface area contributed by atoms with Gasteiger partial charge in [-0.1, -0.05) is 95.4 Å².